The predicted octanol–water partition coefficient (Wildman–Crippen LogP) is 2.77. The van der Waals surface area contributed by atoms with Crippen LogP contribution >= 0.6 is 0 Å². The highest BCUT2D eigenvalue weighted by molar-refractivity contribution is 7.92. The molecular weight excluding hydrogens is 343 g/mol. The van der Waals surface area contributed by atoms with Crippen molar-refractivity contribution in [2.75, 3.05) is 16.2 Å². The quantitative estimate of drug-likeness (QED) is 0.915. The average molecular weight is 360 g/mol. The molecule has 130 valence electrons. The number of rotatable bonds is 3. The molecule has 5 nitrogen and oxygen atoms in total. The topological polar surface area (TPSA) is 66.5 Å². The van der Waals surface area contributed by atoms with Crippen LogP contribution in [0.5, 0.6) is 0 Å². The van der Waals surface area contributed by atoms with Crippen molar-refractivity contribution in [2.45, 2.75) is 31.1 Å². The lowest BCUT2D eigenvalue weighted by atomic mass is 9.99. The molecule has 0 fully saturated rings. The maximum atomic E-state index is 13.2. The molecule has 1 N–H and O–H groups in total. The van der Waals surface area contributed by atoms with E-state index in [-0.39, 0.29) is 10.8 Å². The lowest BCUT2D eigenvalue weighted by Crippen LogP contribution is -2.31. The second kappa shape index (κ2) is 5.56. The molecule has 2 aromatic carbocycles. The third-order valence-electron chi connectivity index (χ3n) is 4.69. The molecule has 2 aliphatic rings. The highest BCUT2D eigenvalue weighted by Crippen LogP contribution is 2.39. The third kappa shape index (κ3) is 2.68. The number of aryl methyl sites for hydroxylation is 2. The highest BCUT2D eigenvalue weighted by Gasteiger charge is 2.32. The lowest BCUT2D eigenvalue weighted by Gasteiger charge is -2.26. The summed E-state index contributed by atoms with van der Waals surface area (Å²) in [4.78, 5) is 13.9. The molecule has 0 aliphatic carbocycles. The van der Waals surface area contributed by atoms with E-state index in [0.29, 0.717) is 17.7 Å². The van der Waals surface area contributed by atoms with Crippen LogP contribution in [0.4, 0.5) is 15.8 Å². The minimum Gasteiger partial charge on any atom is -0.312 e. The number of nitrogens with one attached hydrogen (secondary N) is 1. The molecule has 0 radical (unpaired) electrons. The summed E-state index contributed by atoms with van der Waals surface area (Å²) >= 11 is 0. The first-order chi connectivity index (χ1) is 11.8. The zero-order valence-electron chi connectivity index (χ0n) is 13.7. The van der Waals surface area contributed by atoms with E-state index in [1.54, 1.807) is 24.0 Å². The predicted molar refractivity (Wildman–Crippen MR) is 92.8 cm³/mol. The van der Waals surface area contributed by atoms with Crippen molar-refractivity contribution in [3.05, 3.63) is 52.8 Å². The Kier molecular flexibility index (Phi) is 3.57. The van der Waals surface area contributed by atoms with E-state index in [1.165, 1.54) is 12.1 Å². The Hall–Kier alpha value is -2.41. The summed E-state index contributed by atoms with van der Waals surface area (Å²) in [6, 6.07) is 7.09. The maximum Gasteiger partial charge on any atom is 0.262 e. The van der Waals surface area contributed by atoms with Crippen LogP contribution in [-0.2, 0) is 27.7 Å². The van der Waals surface area contributed by atoms with Crippen LogP contribution in [0.2, 0.25) is 0 Å². The van der Waals surface area contributed by atoms with E-state index in [4.69, 9.17) is 0 Å². The van der Waals surface area contributed by atoms with Crippen molar-refractivity contribution in [3.8, 4) is 0 Å². The Morgan fingerprint density at radius 2 is 1.92 bits per heavy atom. The van der Waals surface area contributed by atoms with Gasteiger partial charge in [-0.15, -0.1) is 0 Å². The van der Waals surface area contributed by atoms with E-state index < -0.39 is 15.8 Å². The zero-order chi connectivity index (χ0) is 17.8. The maximum absolute atomic E-state index is 13.2. The fourth-order valence-electron chi connectivity index (χ4n) is 3.66. The third-order valence-corrected chi connectivity index (χ3v) is 6.23. The van der Waals surface area contributed by atoms with Gasteiger partial charge in [-0.25, -0.2) is 12.8 Å². The van der Waals surface area contributed by atoms with Gasteiger partial charge in [0.15, 0.2) is 0 Å². The van der Waals surface area contributed by atoms with Gasteiger partial charge in [0.25, 0.3) is 10.0 Å². The van der Waals surface area contributed by atoms with Gasteiger partial charge in [-0.05, 0) is 66.8 Å². The van der Waals surface area contributed by atoms with Crippen LogP contribution in [0.3, 0.4) is 0 Å². The Morgan fingerprint density at radius 1 is 1.16 bits per heavy atom. The minimum absolute atomic E-state index is 0.0424. The van der Waals surface area contributed by atoms with Crippen LogP contribution < -0.4 is 9.62 Å². The number of sulfonamides is 1. The molecule has 0 aromatic heterocycles. The number of benzene rings is 2. The molecule has 0 unspecified atom stereocenters. The molecule has 0 saturated heterocycles. The second-order valence-electron chi connectivity index (χ2n) is 6.48. The monoisotopic (exact) mass is 360 g/mol. The first-order valence-electron chi connectivity index (χ1n) is 8.10. The second-order valence-corrected chi connectivity index (χ2v) is 8.13. The SMILES string of the molecule is Cc1cc(F)ccc1S(=O)(=O)Nc1cc2c3c(c1)CC(=O)N3CCC2. The number of halogens is 1. The molecule has 2 heterocycles. The Labute approximate surface area is 145 Å². The first kappa shape index (κ1) is 16.1. The normalized spacial score (nSPS) is 16.1. The van der Waals surface area contributed by atoms with Crippen LogP contribution in [0.25, 0.3) is 0 Å². The molecular formula is C18H17FN2O3S. The standard InChI is InChI=1S/C18H17FN2O3S/c1-11-7-14(19)4-5-16(11)25(23,24)20-15-8-12-3-2-6-21-17(22)10-13(9-15)18(12)21/h4-5,7-9,20H,2-3,6,10H2,1H3. The molecule has 0 atom stereocenters. The number of hydrogen-bond donors (Lipinski definition) is 1. The molecule has 2 aromatic rings. The van der Waals surface area contributed by atoms with Gasteiger partial charge in [0.1, 0.15) is 5.82 Å². The van der Waals surface area contributed by atoms with Gasteiger partial charge in [-0.2, -0.15) is 0 Å². The highest BCUT2D eigenvalue weighted by atomic mass is 32.2. The van der Waals surface area contributed by atoms with E-state index in [0.717, 1.165) is 42.3 Å². The van der Waals surface area contributed by atoms with E-state index in [9.17, 15) is 17.6 Å². The summed E-state index contributed by atoms with van der Waals surface area (Å²) < 4.78 is 41.1. The summed E-state index contributed by atoms with van der Waals surface area (Å²) in [7, 11) is -3.83. The number of hydrogen-bond acceptors (Lipinski definition) is 3. The van der Waals surface area contributed by atoms with Crippen molar-refractivity contribution < 1.29 is 17.6 Å². The Morgan fingerprint density at radius 3 is 2.68 bits per heavy atom. The Bertz CT molecular complexity index is 1000. The lowest BCUT2D eigenvalue weighted by molar-refractivity contribution is -0.117. The zero-order valence-corrected chi connectivity index (χ0v) is 14.5. The fourth-order valence-corrected chi connectivity index (χ4v) is 4.93. The van der Waals surface area contributed by atoms with Crippen LogP contribution in [-0.4, -0.2) is 20.9 Å². The molecule has 1 amide bonds. The largest absolute Gasteiger partial charge is 0.312 e. The van der Waals surface area contributed by atoms with Crippen LogP contribution in [0.15, 0.2) is 35.2 Å². The summed E-state index contributed by atoms with van der Waals surface area (Å²) in [5, 5.41) is 0. The molecule has 2 aliphatic heterocycles. The van der Waals surface area contributed by atoms with Crippen molar-refractivity contribution >= 4 is 27.3 Å². The number of nitrogens with zero attached hydrogens (tertiary/aromatic N) is 1. The molecule has 25 heavy (non-hydrogen) atoms. The molecule has 0 bridgehead atoms. The molecule has 4 rings (SSSR count). The number of anilines is 2. The first-order valence-corrected chi connectivity index (χ1v) is 9.58. The summed E-state index contributed by atoms with van der Waals surface area (Å²) in [6.45, 7) is 2.28. The van der Waals surface area contributed by atoms with E-state index in [2.05, 4.69) is 4.72 Å². The summed E-state index contributed by atoms with van der Waals surface area (Å²) in [5.41, 5.74) is 3.57. The number of amides is 1. The number of carbonyl (C=O) groups is 1. The molecule has 7 heteroatoms. The van der Waals surface area contributed by atoms with Gasteiger partial charge in [0, 0.05) is 12.2 Å². The van der Waals surface area contributed by atoms with Crippen molar-refractivity contribution in [1.82, 2.24) is 0 Å². The van der Waals surface area contributed by atoms with Crippen LogP contribution in [0.1, 0.15) is 23.1 Å². The van der Waals surface area contributed by atoms with Gasteiger partial charge in [-0.3, -0.25) is 9.52 Å². The summed E-state index contributed by atoms with van der Waals surface area (Å²) in [6.07, 6.45) is 1.98. The van der Waals surface area contributed by atoms with Crippen molar-refractivity contribution in [3.63, 3.8) is 0 Å². The smallest absolute Gasteiger partial charge is 0.262 e. The van der Waals surface area contributed by atoms with Crippen molar-refractivity contribution in [2.24, 2.45) is 0 Å². The van der Waals surface area contributed by atoms with Gasteiger partial charge in [0.2, 0.25) is 5.91 Å². The van der Waals surface area contributed by atoms with E-state index in [1.807, 2.05) is 0 Å². The molecule has 0 saturated carbocycles. The van der Waals surface area contributed by atoms with Crippen molar-refractivity contribution in [1.29, 1.82) is 0 Å². The Balaban J connectivity index is 1.72. The summed E-state index contributed by atoms with van der Waals surface area (Å²) in [5.74, 6) is -0.414. The average Bonchev–Trinajstić information content (AvgIpc) is 2.84. The van der Waals surface area contributed by atoms with Gasteiger partial charge >= 0.3 is 0 Å². The van der Waals surface area contributed by atoms with Gasteiger partial charge in [0.05, 0.1) is 17.0 Å². The molecule has 0 spiro atoms. The van der Waals surface area contributed by atoms with Gasteiger partial charge in [-0.1, -0.05) is 0 Å². The van der Waals surface area contributed by atoms with Gasteiger partial charge < -0.3 is 4.90 Å². The van der Waals surface area contributed by atoms with E-state index >= 15 is 0 Å². The van der Waals surface area contributed by atoms with Crippen LogP contribution in [0, 0.1) is 12.7 Å². The fraction of sp³-hybridized carbons (Fsp3) is 0.278. The minimum atomic E-state index is -3.83. The number of carbonyl (C=O) groups excluding carboxylic acids is 1.